The molecule has 0 amide bonds. The van der Waals surface area contributed by atoms with Crippen molar-refractivity contribution in [3.8, 4) is 0 Å². The number of aliphatic hydroxyl groups excluding tert-OH is 2. The molecule has 2 rings (SSSR count). The molecule has 5 atom stereocenters. The van der Waals surface area contributed by atoms with E-state index in [1.54, 1.807) is 5.57 Å². The highest BCUT2D eigenvalue weighted by molar-refractivity contribution is 7.99. The Morgan fingerprint density at radius 3 is 2.72 bits per heavy atom. The van der Waals surface area contributed by atoms with Crippen molar-refractivity contribution in [1.29, 1.82) is 0 Å². The van der Waals surface area contributed by atoms with Crippen molar-refractivity contribution in [3.63, 3.8) is 0 Å². The summed E-state index contributed by atoms with van der Waals surface area (Å²) in [5, 5.41) is 20.7. The van der Waals surface area contributed by atoms with E-state index in [0.717, 1.165) is 38.0 Å². The lowest BCUT2D eigenvalue weighted by atomic mass is 9.89. The Labute approximate surface area is 184 Å². The summed E-state index contributed by atoms with van der Waals surface area (Å²) in [4.78, 5) is 2.43. The minimum absolute atomic E-state index is 0.208. The minimum Gasteiger partial charge on any atom is -0.392 e. The zero-order valence-corrected chi connectivity index (χ0v) is 20.3. The van der Waals surface area contributed by atoms with Crippen LogP contribution in [-0.2, 0) is 0 Å². The summed E-state index contributed by atoms with van der Waals surface area (Å²) in [5.41, 5.74) is 1.83. The van der Waals surface area contributed by atoms with Crippen LogP contribution in [0.25, 0.3) is 0 Å². The van der Waals surface area contributed by atoms with Crippen molar-refractivity contribution in [3.05, 3.63) is 23.8 Å². The van der Waals surface area contributed by atoms with Crippen molar-refractivity contribution in [1.82, 2.24) is 4.90 Å². The monoisotopic (exact) mass is 423 g/mol. The molecule has 3 nitrogen and oxygen atoms in total. The highest BCUT2D eigenvalue weighted by atomic mass is 32.2. The number of allylic oxidation sites excluding steroid dienone is 1. The summed E-state index contributed by atoms with van der Waals surface area (Å²) in [6, 6.07) is 0. The van der Waals surface area contributed by atoms with E-state index in [4.69, 9.17) is 0 Å². The zero-order chi connectivity index (χ0) is 21.4. The molecule has 0 unspecified atom stereocenters. The number of hydrogen-bond donors (Lipinski definition) is 2. The Morgan fingerprint density at radius 2 is 2.03 bits per heavy atom. The predicted molar refractivity (Wildman–Crippen MR) is 127 cm³/mol. The first-order chi connectivity index (χ1) is 13.7. The van der Waals surface area contributed by atoms with Crippen LogP contribution in [0.2, 0.25) is 0 Å². The molecule has 0 aliphatic heterocycles. The van der Waals surface area contributed by atoms with Gasteiger partial charge in [0.2, 0.25) is 0 Å². The van der Waals surface area contributed by atoms with Crippen LogP contribution in [0.4, 0.5) is 0 Å². The largest absolute Gasteiger partial charge is 0.392 e. The summed E-state index contributed by atoms with van der Waals surface area (Å²) in [7, 11) is 2.21. The third kappa shape index (κ3) is 8.05. The van der Waals surface area contributed by atoms with Crippen LogP contribution in [0.3, 0.4) is 0 Å². The molecule has 2 aliphatic carbocycles. The number of nitrogens with zero attached hydrogens (tertiary/aromatic N) is 1. The van der Waals surface area contributed by atoms with Crippen LogP contribution in [0.5, 0.6) is 0 Å². The SMILES string of the molecule is CCCCC[C@H](O)/C=C/[C@@H]1[C@H]2CC(CSCCCN(C)C(C)(C)C)=C[C@H]2C[C@H]1O. The Hall–Kier alpha value is -0.290. The molecule has 0 spiro atoms. The molecule has 0 radical (unpaired) electrons. The van der Waals surface area contributed by atoms with Gasteiger partial charge < -0.3 is 15.1 Å². The average molecular weight is 424 g/mol. The van der Waals surface area contributed by atoms with E-state index in [2.05, 4.69) is 63.6 Å². The van der Waals surface area contributed by atoms with Gasteiger partial charge in [0.15, 0.2) is 0 Å². The molecule has 1 fully saturated rings. The van der Waals surface area contributed by atoms with Gasteiger partial charge in [-0.05, 0) is 77.6 Å². The average Bonchev–Trinajstić information content (AvgIpc) is 3.15. The van der Waals surface area contributed by atoms with Gasteiger partial charge in [0.05, 0.1) is 12.2 Å². The van der Waals surface area contributed by atoms with Crippen molar-refractivity contribution < 1.29 is 10.2 Å². The van der Waals surface area contributed by atoms with E-state index in [-0.39, 0.29) is 23.7 Å². The van der Waals surface area contributed by atoms with Gasteiger partial charge in [0.25, 0.3) is 0 Å². The molecular formula is C25H45NO2S. The number of rotatable bonds is 12. The first kappa shape index (κ1) is 25.0. The van der Waals surface area contributed by atoms with E-state index in [9.17, 15) is 10.2 Å². The van der Waals surface area contributed by atoms with Gasteiger partial charge in [-0.2, -0.15) is 11.8 Å². The fourth-order valence-electron chi connectivity index (χ4n) is 4.61. The Kier molecular flexibility index (Phi) is 10.3. The van der Waals surface area contributed by atoms with E-state index < -0.39 is 0 Å². The molecular weight excluding hydrogens is 378 g/mol. The number of unbranched alkanes of at least 4 members (excludes halogenated alkanes) is 2. The second-order valence-corrected chi connectivity index (χ2v) is 11.3. The topological polar surface area (TPSA) is 43.7 Å². The van der Waals surface area contributed by atoms with Crippen molar-refractivity contribution in [2.75, 3.05) is 25.1 Å². The fourth-order valence-corrected chi connectivity index (χ4v) is 5.56. The van der Waals surface area contributed by atoms with Gasteiger partial charge >= 0.3 is 0 Å². The molecule has 4 heteroatoms. The van der Waals surface area contributed by atoms with Crippen LogP contribution < -0.4 is 0 Å². The first-order valence-corrected chi connectivity index (χ1v) is 12.9. The van der Waals surface area contributed by atoms with Gasteiger partial charge in [-0.1, -0.05) is 50.0 Å². The molecule has 29 heavy (non-hydrogen) atoms. The number of hydrogen-bond acceptors (Lipinski definition) is 4. The predicted octanol–water partition coefficient (Wildman–Crippen LogP) is 5.28. The molecule has 0 aromatic heterocycles. The molecule has 0 aromatic rings. The first-order valence-electron chi connectivity index (χ1n) is 11.8. The smallest absolute Gasteiger partial charge is 0.0721 e. The second kappa shape index (κ2) is 11.9. The lowest BCUT2D eigenvalue weighted by Gasteiger charge is -2.31. The zero-order valence-electron chi connectivity index (χ0n) is 19.4. The van der Waals surface area contributed by atoms with Gasteiger partial charge in [-0.15, -0.1) is 0 Å². The number of fused-ring (bicyclic) bond motifs is 1. The lowest BCUT2D eigenvalue weighted by molar-refractivity contribution is 0.140. The molecule has 0 saturated heterocycles. The Bertz CT molecular complexity index is 539. The van der Waals surface area contributed by atoms with Gasteiger partial charge in [0.1, 0.15) is 0 Å². The van der Waals surface area contributed by atoms with E-state index in [1.165, 1.54) is 25.0 Å². The lowest BCUT2D eigenvalue weighted by Crippen LogP contribution is -2.38. The summed E-state index contributed by atoms with van der Waals surface area (Å²) in [5.74, 6) is 3.62. The fraction of sp³-hybridized carbons (Fsp3) is 0.840. The second-order valence-electron chi connectivity index (χ2n) is 10.2. The molecule has 0 aromatic carbocycles. The molecule has 168 valence electrons. The van der Waals surface area contributed by atoms with Crippen molar-refractivity contribution in [2.45, 2.75) is 90.4 Å². The van der Waals surface area contributed by atoms with E-state index in [0.29, 0.717) is 11.8 Å². The number of aliphatic hydroxyl groups is 2. The molecule has 2 N–H and O–H groups in total. The highest BCUT2D eigenvalue weighted by Gasteiger charge is 2.43. The summed E-state index contributed by atoms with van der Waals surface area (Å²) < 4.78 is 0. The Balaban J connectivity index is 1.71. The summed E-state index contributed by atoms with van der Waals surface area (Å²) >= 11 is 2.06. The highest BCUT2D eigenvalue weighted by Crippen LogP contribution is 2.47. The maximum absolute atomic E-state index is 10.5. The summed E-state index contributed by atoms with van der Waals surface area (Å²) in [6.07, 6.45) is 13.4. The van der Waals surface area contributed by atoms with Crippen molar-refractivity contribution >= 4 is 11.8 Å². The summed E-state index contributed by atoms with van der Waals surface area (Å²) in [6.45, 7) is 10.1. The molecule has 0 bridgehead atoms. The normalized spacial score (nSPS) is 28.3. The van der Waals surface area contributed by atoms with Gasteiger partial charge in [0, 0.05) is 17.2 Å². The maximum Gasteiger partial charge on any atom is 0.0721 e. The molecule has 0 heterocycles. The van der Waals surface area contributed by atoms with Crippen LogP contribution in [0.15, 0.2) is 23.8 Å². The van der Waals surface area contributed by atoms with Gasteiger partial charge in [-0.25, -0.2) is 0 Å². The molecule has 2 aliphatic rings. The van der Waals surface area contributed by atoms with E-state index >= 15 is 0 Å². The van der Waals surface area contributed by atoms with Crippen LogP contribution in [-0.4, -0.2) is 58.0 Å². The van der Waals surface area contributed by atoms with Crippen molar-refractivity contribution in [2.24, 2.45) is 17.8 Å². The Morgan fingerprint density at radius 1 is 1.28 bits per heavy atom. The van der Waals surface area contributed by atoms with Crippen LogP contribution >= 0.6 is 11.8 Å². The maximum atomic E-state index is 10.5. The minimum atomic E-state index is -0.358. The third-order valence-corrected chi connectivity index (χ3v) is 7.98. The quantitative estimate of drug-likeness (QED) is 0.331. The number of thioether (sulfide) groups is 1. The van der Waals surface area contributed by atoms with E-state index in [1.807, 2.05) is 6.08 Å². The van der Waals surface area contributed by atoms with Crippen LogP contribution in [0, 0.1) is 17.8 Å². The molecule has 1 saturated carbocycles. The third-order valence-electron chi connectivity index (χ3n) is 6.82. The van der Waals surface area contributed by atoms with Crippen LogP contribution in [0.1, 0.15) is 72.6 Å². The standard InChI is InChI=1S/C25H45NO2S/c1-6-7-8-10-21(27)11-12-22-23-16-19(15-20(23)17-24(22)28)18-29-14-9-13-26(5)25(2,3)4/h11-12,15,20-24,27-28H,6-10,13-14,16-18H2,1-5H3/b12-11+/t20-,21-,22+,23-,24+/m0/s1. The van der Waals surface area contributed by atoms with Gasteiger partial charge in [-0.3, -0.25) is 0 Å².